The van der Waals surface area contributed by atoms with Gasteiger partial charge in [-0.2, -0.15) is 0 Å². The van der Waals surface area contributed by atoms with Gasteiger partial charge in [-0.05, 0) is 25.2 Å². The molecule has 13 heteroatoms. The number of benzene rings is 1. The number of sulfone groups is 1. The van der Waals surface area contributed by atoms with Crippen LogP contribution in [-0.2, 0) is 9.84 Å². The molecule has 0 atom stereocenters. The highest BCUT2D eigenvalue weighted by Gasteiger charge is 2.36. The van der Waals surface area contributed by atoms with Crippen LogP contribution in [0.25, 0.3) is 0 Å². The number of aldehydes is 1. The minimum absolute atomic E-state index is 0.0265. The van der Waals surface area contributed by atoms with Gasteiger partial charge in [-0.1, -0.05) is 11.6 Å². The van der Waals surface area contributed by atoms with E-state index in [9.17, 15) is 22.8 Å². The Hall–Kier alpha value is -3.22. The Bertz CT molecular complexity index is 1160. The van der Waals surface area contributed by atoms with E-state index in [1.54, 1.807) is 11.9 Å². The van der Waals surface area contributed by atoms with Gasteiger partial charge in [0.05, 0.1) is 46.0 Å². The van der Waals surface area contributed by atoms with Crippen molar-refractivity contribution in [2.45, 2.75) is 0 Å². The molecular weight excluding hydrogens is 486 g/mol. The van der Waals surface area contributed by atoms with Crippen molar-refractivity contribution in [1.82, 2.24) is 14.8 Å². The predicted molar refractivity (Wildman–Crippen MR) is 129 cm³/mol. The van der Waals surface area contributed by atoms with Gasteiger partial charge in [0.1, 0.15) is 9.84 Å². The van der Waals surface area contributed by atoms with E-state index in [1.807, 2.05) is 0 Å². The minimum Gasteiger partial charge on any atom is -0.480 e. The third kappa shape index (κ3) is 6.65. The number of hydrogen-bond acceptors (Lipinski definition) is 10. The fourth-order valence-electron chi connectivity index (χ4n) is 2.98. The van der Waals surface area contributed by atoms with E-state index < -0.39 is 21.7 Å². The zero-order valence-electron chi connectivity index (χ0n) is 18.9. The van der Waals surface area contributed by atoms with Gasteiger partial charge < -0.3 is 21.1 Å². The number of rotatable bonds is 8. The number of hydrogen-bond donors (Lipinski definition) is 2. The molecule has 1 aromatic carbocycles. The fourth-order valence-corrected chi connectivity index (χ4v) is 3.80. The molecule has 2 aromatic rings. The Labute approximate surface area is 202 Å². The first-order chi connectivity index (χ1) is 15.9. The highest BCUT2D eigenvalue weighted by Crippen LogP contribution is 2.28. The van der Waals surface area contributed by atoms with E-state index in [4.69, 9.17) is 27.8 Å². The monoisotopic (exact) mass is 511 g/mol. The molecule has 1 aliphatic heterocycles. The number of nitrogens with zero attached hydrogens (tertiary/aromatic N) is 3. The molecule has 2 heterocycles. The van der Waals surface area contributed by atoms with Crippen LogP contribution < -0.4 is 16.2 Å². The number of ether oxygens (including phenoxy) is 1. The number of methoxy groups -OCH3 is 1. The molecule has 34 heavy (non-hydrogen) atoms. The number of carbonyl (C=O) groups is 3. The predicted octanol–water partition coefficient (Wildman–Crippen LogP) is 0.980. The van der Waals surface area contributed by atoms with E-state index in [0.717, 1.165) is 4.90 Å². The SMILES string of the molecule is CN(CCN1C(=O)c2cc(N)c(N)cc2C1=O)CCS(C)(=O)=O.COc1nccc(Cl)c1C=O. The molecule has 0 saturated heterocycles. The van der Waals surface area contributed by atoms with E-state index >= 15 is 0 Å². The summed E-state index contributed by atoms with van der Waals surface area (Å²) in [6.07, 6.45) is 3.27. The van der Waals surface area contributed by atoms with Crippen LogP contribution in [0.2, 0.25) is 5.02 Å². The van der Waals surface area contributed by atoms with Crippen LogP contribution in [0.4, 0.5) is 11.4 Å². The van der Waals surface area contributed by atoms with E-state index in [-0.39, 0.29) is 46.2 Å². The summed E-state index contributed by atoms with van der Waals surface area (Å²) < 4.78 is 27.1. The van der Waals surface area contributed by atoms with Gasteiger partial charge in [0, 0.05) is 32.1 Å². The van der Waals surface area contributed by atoms with Gasteiger partial charge in [0.15, 0.2) is 6.29 Å². The topological polar surface area (TPSA) is 166 Å². The highest BCUT2D eigenvalue weighted by atomic mass is 35.5. The first-order valence-corrected chi connectivity index (χ1v) is 12.4. The van der Waals surface area contributed by atoms with Gasteiger partial charge in [-0.15, -0.1) is 0 Å². The maximum Gasteiger partial charge on any atom is 0.261 e. The van der Waals surface area contributed by atoms with Crippen molar-refractivity contribution in [3.8, 4) is 5.88 Å². The van der Waals surface area contributed by atoms with Crippen LogP contribution in [0.3, 0.4) is 0 Å². The quantitative estimate of drug-likeness (QED) is 0.296. The van der Waals surface area contributed by atoms with Crippen molar-refractivity contribution in [2.75, 3.05) is 57.3 Å². The lowest BCUT2D eigenvalue weighted by molar-refractivity contribution is 0.0641. The molecule has 11 nitrogen and oxygen atoms in total. The second-order valence-corrected chi connectivity index (χ2v) is 10.2. The average molecular weight is 512 g/mol. The van der Waals surface area contributed by atoms with Crippen LogP contribution in [0.5, 0.6) is 5.88 Å². The molecule has 2 amide bonds. The number of carbonyl (C=O) groups excluding carboxylic acids is 3. The lowest BCUT2D eigenvalue weighted by atomic mass is 10.1. The van der Waals surface area contributed by atoms with Crippen molar-refractivity contribution in [3.05, 3.63) is 46.1 Å². The van der Waals surface area contributed by atoms with E-state index in [1.165, 1.54) is 37.8 Å². The van der Waals surface area contributed by atoms with Crippen LogP contribution >= 0.6 is 11.6 Å². The second kappa shape index (κ2) is 11.3. The maximum atomic E-state index is 12.3. The third-order valence-electron chi connectivity index (χ3n) is 4.93. The molecule has 184 valence electrons. The molecule has 0 aliphatic carbocycles. The number of halogens is 1. The number of pyridine rings is 1. The van der Waals surface area contributed by atoms with Crippen LogP contribution in [0.15, 0.2) is 24.4 Å². The Morgan fingerprint density at radius 2 is 1.71 bits per heavy atom. The Morgan fingerprint density at radius 3 is 2.15 bits per heavy atom. The van der Waals surface area contributed by atoms with Crippen LogP contribution in [-0.4, -0.2) is 87.1 Å². The molecular formula is C21H26ClN5O6S. The number of likely N-dealkylation sites (N-methyl/N-ethyl adjacent to an activating group) is 1. The summed E-state index contributed by atoms with van der Waals surface area (Å²) in [5.41, 5.74) is 12.7. The van der Waals surface area contributed by atoms with Gasteiger partial charge in [0.25, 0.3) is 11.8 Å². The summed E-state index contributed by atoms with van der Waals surface area (Å²) >= 11 is 5.66. The number of aromatic nitrogens is 1. The third-order valence-corrected chi connectivity index (χ3v) is 6.19. The molecule has 4 N–H and O–H groups in total. The highest BCUT2D eigenvalue weighted by molar-refractivity contribution is 7.90. The normalized spacial score (nSPS) is 12.9. The Kier molecular flexibility index (Phi) is 8.96. The number of imide groups is 1. The van der Waals surface area contributed by atoms with Crippen molar-refractivity contribution < 1.29 is 27.5 Å². The molecule has 0 spiro atoms. The number of fused-ring (bicyclic) bond motifs is 1. The van der Waals surface area contributed by atoms with Crippen molar-refractivity contribution in [1.29, 1.82) is 0 Å². The molecule has 0 radical (unpaired) electrons. The standard InChI is InChI=1S/C14H20N4O4S.C7H6ClNO2/c1-17(5-6-23(2,21)22)3-4-18-13(19)9-7-11(15)12(16)8-10(9)14(18)20;1-11-7-5(4-10)6(8)2-3-9-7/h7-8H,3-6,15-16H2,1-2H3;2-4H,1H3. The van der Waals surface area contributed by atoms with Gasteiger partial charge in [-0.3, -0.25) is 19.3 Å². The summed E-state index contributed by atoms with van der Waals surface area (Å²) in [4.78, 5) is 41.7. The summed E-state index contributed by atoms with van der Waals surface area (Å²) in [7, 11) is 0.123. The van der Waals surface area contributed by atoms with Crippen LogP contribution in [0, 0.1) is 0 Å². The van der Waals surface area contributed by atoms with Crippen molar-refractivity contribution in [2.24, 2.45) is 0 Å². The smallest absolute Gasteiger partial charge is 0.261 e. The van der Waals surface area contributed by atoms with Crippen molar-refractivity contribution in [3.63, 3.8) is 0 Å². The summed E-state index contributed by atoms with van der Waals surface area (Å²) in [5, 5.41) is 0.354. The molecule has 3 rings (SSSR count). The Balaban J connectivity index is 0.000000310. The van der Waals surface area contributed by atoms with Crippen molar-refractivity contribution >= 4 is 50.9 Å². The number of amides is 2. The van der Waals surface area contributed by atoms with Gasteiger partial charge in [0.2, 0.25) is 5.88 Å². The lowest BCUT2D eigenvalue weighted by Crippen LogP contribution is -2.38. The maximum absolute atomic E-state index is 12.3. The number of nitrogens with two attached hydrogens (primary N) is 2. The van der Waals surface area contributed by atoms with Crippen LogP contribution in [0.1, 0.15) is 31.1 Å². The lowest BCUT2D eigenvalue weighted by Gasteiger charge is -2.20. The van der Waals surface area contributed by atoms with E-state index in [2.05, 4.69) is 4.98 Å². The molecule has 0 unspecified atom stereocenters. The summed E-state index contributed by atoms with van der Waals surface area (Å²) in [6.45, 7) is 0.889. The largest absolute Gasteiger partial charge is 0.480 e. The number of anilines is 2. The average Bonchev–Trinajstić information content (AvgIpc) is 3.00. The second-order valence-electron chi connectivity index (χ2n) is 7.56. The molecule has 1 aromatic heterocycles. The first kappa shape index (κ1) is 27.0. The number of nitrogen functional groups attached to an aromatic ring is 2. The molecule has 1 aliphatic rings. The van der Waals surface area contributed by atoms with Gasteiger partial charge in [-0.25, -0.2) is 13.4 Å². The molecule has 0 bridgehead atoms. The Morgan fingerprint density at radius 1 is 1.15 bits per heavy atom. The summed E-state index contributed by atoms with van der Waals surface area (Å²) in [5.74, 6) is -0.535. The minimum atomic E-state index is -3.05. The fraction of sp³-hybridized carbons (Fsp3) is 0.333. The first-order valence-electron chi connectivity index (χ1n) is 9.94. The summed E-state index contributed by atoms with van der Waals surface area (Å²) in [6, 6.07) is 4.37. The molecule has 0 fully saturated rings. The molecule has 0 saturated carbocycles. The van der Waals surface area contributed by atoms with Gasteiger partial charge >= 0.3 is 0 Å². The zero-order chi connectivity index (χ0) is 25.6. The van der Waals surface area contributed by atoms with E-state index in [0.29, 0.717) is 24.4 Å². The zero-order valence-corrected chi connectivity index (χ0v) is 20.5.